The summed E-state index contributed by atoms with van der Waals surface area (Å²) in [5, 5.41) is 7.47. The number of furan rings is 1. The number of amides is 1. The second-order valence-corrected chi connectivity index (χ2v) is 9.40. The fraction of sp³-hybridized carbons (Fsp3) is 0.522. The molecule has 0 radical (unpaired) electrons. The fourth-order valence-corrected chi connectivity index (χ4v) is 5.80. The molecular formula is C23H28ClN3O2. The van der Waals surface area contributed by atoms with E-state index in [0.717, 1.165) is 35.8 Å². The number of likely N-dealkylation sites (tertiary alicyclic amines) is 1. The van der Waals surface area contributed by atoms with Crippen molar-refractivity contribution in [1.82, 2.24) is 15.5 Å². The maximum absolute atomic E-state index is 13.3. The summed E-state index contributed by atoms with van der Waals surface area (Å²) in [6, 6.07) is 2.22. The zero-order chi connectivity index (χ0) is 20.0. The van der Waals surface area contributed by atoms with Gasteiger partial charge in [0.25, 0.3) is 5.91 Å². The van der Waals surface area contributed by atoms with Crippen molar-refractivity contribution in [2.24, 2.45) is 17.8 Å². The molecule has 1 aromatic heterocycles. The first kappa shape index (κ1) is 19.0. The number of carbonyl (C=O) groups excluding carboxylic acids is 1. The Labute approximate surface area is 176 Å². The molecule has 2 unspecified atom stereocenters. The smallest absolute Gasteiger partial charge is 0.267 e. The van der Waals surface area contributed by atoms with Crippen molar-refractivity contribution in [3.05, 3.63) is 53.1 Å². The highest BCUT2D eigenvalue weighted by Gasteiger charge is 2.39. The number of hydrogen-bond donors (Lipinski definition) is 2. The van der Waals surface area contributed by atoms with Crippen molar-refractivity contribution in [1.29, 1.82) is 0 Å². The van der Waals surface area contributed by atoms with E-state index in [1.165, 1.54) is 25.9 Å². The Kier molecular flexibility index (Phi) is 5.04. The second kappa shape index (κ2) is 7.69. The minimum Gasteiger partial charge on any atom is -0.472 e. The van der Waals surface area contributed by atoms with E-state index in [9.17, 15) is 4.79 Å². The van der Waals surface area contributed by atoms with Crippen molar-refractivity contribution in [3.63, 3.8) is 0 Å². The van der Waals surface area contributed by atoms with E-state index in [1.54, 1.807) is 12.5 Å². The van der Waals surface area contributed by atoms with Crippen LogP contribution in [0.3, 0.4) is 0 Å². The molecule has 0 bridgehead atoms. The van der Waals surface area contributed by atoms with Crippen LogP contribution in [0.25, 0.3) is 5.57 Å². The predicted molar refractivity (Wildman–Crippen MR) is 114 cm³/mol. The van der Waals surface area contributed by atoms with Gasteiger partial charge in [-0.3, -0.25) is 4.79 Å². The number of nitrogens with one attached hydrogen (secondary N) is 2. The summed E-state index contributed by atoms with van der Waals surface area (Å²) in [5.41, 5.74) is 2.56. The van der Waals surface area contributed by atoms with Crippen LogP contribution in [0.15, 0.2) is 52.0 Å². The molecule has 5 rings (SSSR count). The van der Waals surface area contributed by atoms with Gasteiger partial charge >= 0.3 is 0 Å². The average Bonchev–Trinajstić information content (AvgIpc) is 3.35. The van der Waals surface area contributed by atoms with Crippen molar-refractivity contribution >= 4 is 23.1 Å². The molecule has 1 aromatic rings. The first-order valence-electron chi connectivity index (χ1n) is 10.7. The molecule has 1 amide bonds. The minimum atomic E-state index is -0.00935. The van der Waals surface area contributed by atoms with Crippen LogP contribution < -0.4 is 10.6 Å². The van der Waals surface area contributed by atoms with Crippen LogP contribution >= 0.6 is 11.6 Å². The van der Waals surface area contributed by atoms with E-state index in [0.29, 0.717) is 10.7 Å². The van der Waals surface area contributed by atoms with Gasteiger partial charge in [0.05, 0.1) is 18.6 Å². The first-order chi connectivity index (χ1) is 14.1. The van der Waals surface area contributed by atoms with Gasteiger partial charge in [-0.1, -0.05) is 23.8 Å². The number of carbonyl (C=O) groups is 1. The normalized spacial score (nSPS) is 34.3. The number of halogens is 1. The molecule has 1 saturated carbocycles. The lowest BCUT2D eigenvalue weighted by Crippen LogP contribution is -2.47. The van der Waals surface area contributed by atoms with Crippen LogP contribution in [0.2, 0.25) is 0 Å². The van der Waals surface area contributed by atoms with Gasteiger partial charge in [-0.15, -0.1) is 0 Å². The van der Waals surface area contributed by atoms with Gasteiger partial charge in [0.2, 0.25) is 0 Å². The van der Waals surface area contributed by atoms with Crippen molar-refractivity contribution < 1.29 is 9.21 Å². The molecule has 2 aliphatic heterocycles. The molecule has 1 saturated heterocycles. The standard InChI is InChI=1S/C23H28ClN3O2/c1-27-8-6-14-10-18(4-2-15(14)12-27)25-23(28)22-21(16-7-9-29-13-16)19-11-17(24)3-5-20(19)26-22/h3,5,7,9,11,13-15,18-20,26H,2,4,6,8,10,12H2,1H3,(H,25,28)/t14-,15+,18+,19?,20?/m0/s1. The Hall–Kier alpha value is -1.98. The highest BCUT2D eigenvalue weighted by atomic mass is 35.5. The lowest BCUT2D eigenvalue weighted by atomic mass is 9.73. The van der Waals surface area contributed by atoms with Crippen molar-refractivity contribution in [3.8, 4) is 0 Å². The van der Waals surface area contributed by atoms with Gasteiger partial charge in [0.15, 0.2) is 0 Å². The SMILES string of the molecule is CN1CC[C@H]2C[C@H](NC(=O)C3=C(c4ccoc4)C4C=C(Cl)C=CC4N3)CC[C@@H]2C1. The molecule has 3 heterocycles. The summed E-state index contributed by atoms with van der Waals surface area (Å²) >= 11 is 6.26. The van der Waals surface area contributed by atoms with Crippen molar-refractivity contribution in [2.75, 3.05) is 20.1 Å². The maximum Gasteiger partial charge on any atom is 0.267 e. The molecule has 154 valence electrons. The van der Waals surface area contributed by atoms with Crippen LogP contribution in [0.1, 0.15) is 31.2 Å². The first-order valence-corrected chi connectivity index (χ1v) is 11.0. The van der Waals surface area contributed by atoms with E-state index in [1.807, 2.05) is 24.3 Å². The Balaban J connectivity index is 1.35. The molecule has 2 aliphatic carbocycles. The molecule has 0 spiro atoms. The molecule has 2 fully saturated rings. The molecular weight excluding hydrogens is 386 g/mol. The molecule has 2 N–H and O–H groups in total. The average molecular weight is 414 g/mol. The second-order valence-electron chi connectivity index (χ2n) is 8.96. The number of piperidine rings is 1. The Morgan fingerprint density at radius 3 is 3.03 bits per heavy atom. The highest BCUT2D eigenvalue weighted by molar-refractivity contribution is 6.31. The fourth-order valence-electron chi connectivity index (χ4n) is 5.59. The zero-order valence-corrected chi connectivity index (χ0v) is 17.5. The van der Waals surface area contributed by atoms with Gasteiger partial charge in [0, 0.05) is 34.7 Å². The summed E-state index contributed by atoms with van der Waals surface area (Å²) in [6.07, 6.45) is 13.9. The monoisotopic (exact) mass is 413 g/mol. The molecule has 5 atom stereocenters. The van der Waals surface area contributed by atoms with Gasteiger partial charge in [-0.05, 0) is 63.3 Å². The Bertz CT molecular complexity index is 873. The van der Waals surface area contributed by atoms with Gasteiger partial charge in [-0.2, -0.15) is 0 Å². The summed E-state index contributed by atoms with van der Waals surface area (Å²) in [6.45, 7) is 2.37. The Morgan fingerprint density at radius 2 is 2.21 bits per heavy atom. The molecule has 4 aliphatic rings. The van der Waals surface area contributed by atoms with Gasteiger partial charge in [0.1, 0.15) is 5.70 Å². The number of nitrogens with zero attached hydrogens (tertiary/aromatic N) is 1. The largest absolute Gasteiger partial charge is 0.472 e. The number of allylic oxidation sites excluding steroid dienone is 2. The number of hydrogen-bond acceptors (Lipinski definition) is 4. The predicted octanol–water partition coefficient (Wildman–Crippen LogP) is 3.51. The number of rotatable bonds is 3. The van der Waals surface area contributed by atoms with E-state index in [4.69, 9.17) is 16.0 Å². The number of fused-ring (bicyclic) bond motifs is 2. The van der Waals surface area contributed by atoms with Crippen LogP contribution in [-0.4, -0.2) is 43.0 Å². The Morgan fingerprint density at radius 1 is 1.31 bits per heavy atom. The van der Waals surface area contributed by atoms with E-state index in [2.05, 4.69) is 22.6 Å². The minimum absolute atomic E-state index is 0.00935. The van der Waals surface area contributed by atoms with Crippen LogP contribution in [0.5, 0.6) is 0 Å². The lowest BCUT2D eigenvalue weighted by molar-refractivity contribution is -0.119. The molecule has 6 heteroatoms. The maximum atomic E-state index is 13.3. The third kappa shape index (κ3) is 3.66. The van der Waals surface area contributed by atoms with Crippen LogP contribution in [0.4, 0.5) is 0 Å². The quantitative estimate of drug-likeness (QED) is 0.796. The lowest BCUT2D eigenvalue weighted by Gasteiger charge is -2.42. The molecule has 29 heavy (non-hydrogen) atoms. The summed E-state index contributed by atoms with van der Waals surface area (Å²) < 4.78 is 5.31. The van der Waals surface area contributed by atoms with Gasteiger partial charge in [-0.25, -0.2) is 0 Å². The van der Waals surface area contributed by atoms with E-state index in [-0.39, 0.29) is 23.9 Å². The molecule has 5 nitrogen and oxygen atoms in total. The summed E-state index contributed by atoms with van der Waals surface area (Å²) in [7, 11) is 2.22. The van der Waals surface area contributed by atoms with E-state index < -0.39 is 0 Å². The van der Waals surface area contributed by atoms with Crippen molar-refractivity contribution in [2.45, 2.75) is 37.8 Å². The third-order valence-electron chi connectivity index (χ3n) is 7.06. The van der Waals surface area contributed by atoms with Gasteiger partial charge < -0.3 is 20.0 Å². The van der Waals surface area contributed by atoms with Crippen LogP contribution in [-0.2, 0) is 4.79 Å². The highest BCUT2D eigenvalue weighted by Crippen LogP contribution is 2.40. The van der Waals surface area contributed by atoms with Crippen LogP contribution in [0, 0.1) is 17.8 Å². The zero-order valence-electron chi connectivity index (χ0n) is 16.7. The third-order valence-corrected chi connectivity index (χ3v) is 7.32. The summed E-state index contributed by atoms with van der Waals surface area (Å²) in [4.78, 5) is 15.8. The summed E-state index contributed by atoms with van der Waals surface area (Å²) in [5.74, 6) is 1.55. The topological polar surface area (TPSA) is 57.5 Å². The molecule has 0 aromatic carbocycles. The van der Waals surface area contributed by atoms with E-state index >= 15 is 0 Å².